The van der Waals surface area contributed by atoms with Gasteiger partial charge in [0, 0.05) is 45.5 Å². The highest BCUT2D eigenvalue weighted by molar-refractivity contribution is 5.30. The summed E-state index contributed by atoms with van der Waals surface area (Å²) in [6, 6.07) is 5.06. The van der Waals surface area contributed by atoms with Crippen LogP contribution in [-0.2, 0) is 25.2 Å². The van der Waals surface area contributed by atoms with Crippen molar-refractivity contribution in [3.63, 3.8) is 0 Å². The Morgan fingerprint density at radius 2 is 1.96 bits per heavy atom. The lowest BCUT2D eigenvalue weighted by Gasteiger charge is -2.38. The molecule has 0 amide bonds. The number of benzene rings is 1. The molecule has 1 N–H and O–H groups in total. The van der Waals surface area contributed by atoms with Gasteiger partial charge in [0.2, 0.25) is 0 Å². The number of alkyl halides is 3. The Morgan fingerprint density at radius 3 is 2.56 bits per heavy atom. The zero-order valence-electron chi connectivity index (χ0n) is 14.1. The minimum atomic E-state index is -4.39. The minimum absolute atomic E-state index is 0.353. The largest absolute Gasteiger partial charge is 0.416 e. The maximum Gasteiger partial charge on any atom is 0.416 e. The summed E-state index contributed by atoms with van der Waals surface area (Å²) >= 11 is 0. The summed E-state index contributed by atoms with van der Waals surface area (Å²) in [6.45, 7) is 2.12. The van der Waals surface area contributed by atoms with Gasteiger partial charge in [-0.2, -0.15) is 13.2 Å². The van der Waals surface area contributed by atoms with Crippen LogP contribution in [0.4, 0.5) is 13.2 Å². The van der Waals surface area contributed by atoms with Crippen molar-refractivity contribution in [2.24, 2.45) is 7.05 Å². The number of halogens is 3. The Labute approximate surface area is 144 Å². The molecule has 0 atom stereocenters. The predicted molar refractivity (Wildman–Crippen MR) is 87.9 cm³/mol. The van der Waals surface area contributed by atoms with E-state index in [1.165, 1.54) is 6.07 Å². The maximum absolute atomic E-state index is 12.9. The van der Waals surface area contributed by atoms with Crippen molar-refractivity contribution < 1.29 is 18.3 Å². The first-order valence-electron chi connectivity index (χ1n) is 8.37. The zero-order chi connectivity index (χ0) is 18.1. The van der Waals surface area contributed by atoms with Gasteiger partial charge in [-0.25, -0.2) is 4.98 Å². The average Bonchev–Trinajstić information content (AvgIpc) is 2.99. The molecular weight excluding hydrogens is 331 g/mol. The van der Waals surface area contributed by atoms with E-state index < -0.39 is 17.3 Å². The Hall–Kier alpha value is -1.86. The first-order chi connectivity index (χ1) is 11.8. The normalized spacial score (nSPS) is 18.4. The summed E-state index contributed by atoms with van der Waals surface area (Å²) in [6.07, 6.45) is 0.931. The molecule has 1 saturated heterocycles. The predicted octanol–water partition coefficient (Wildman–Crippen LogP) is 2.97. The Balaban J connectivity index is 1.61. The third-order valence-corrected chi connectivity index (χ3v) is 4.98. The summed E-state index contributed by atoms with van der Waals surface area (Å²) in [5.74, 6) is 0.999. The number of aryl methyl sites for hydroxylation is 1. The molecule has 1 aromatic carbocycles. The maximum atomic E-state index is 12.9. The van der Waals surface area contributed by atoms with Crippen molar-refractivity contribution in [3.05, 3.63) is 53.6 Å². The zero-order valence-corrected chi connectivity index (χ0v) is 14.1. The first-order valence-corrected chi connectivity index (χ1v) is 8.37. The van der Waals surface area contributed by atoms with Gasteiger partial charge >= 0.3 is 6.18 Å². The van der Waals surface area contributed by atoms with Crippen molar-refractivity contribution >= 4 is 0 Å². The van der Waals surface area contributed by atoms with E-state index in [4.69, 9.17) is 0 Å². The average molecular weight is 353 g/mol. The minimum Gasteiger partial charge on any atom is -0.385 e. The number of piperidine rings is 1. The number of nitrogens with zero attached hydrogens (tertiary/aromatic N) is 3. The SMILES string of the molecule is Cn1ccnc1CCN1CCC(O)(c2cccc(C(F)(F)F)c2)CC1. The molecule has 0 radical (unpaired) electrons. The fourth-order valence-electron chi connectivity index (χ4n) is 3.32. The van der Waals surface area contributed by atoms with Crippen LogP contribution in [0.1, 0.15) is 29.8 Å². The molecule has 7 heteroatoms. The number of aromatic nitrogens is 2. The molecule has 0 spiro atoms. The van der Waals surface area contributed by atoms with Crippen LogP contribution in [0.15, 0.2) is 36.7 Å². The molecule has 25 heavy (non-hydrogen) atoms. The molecule has 0 unspecified atom stereocenters. The molecule has 0 aliphatic carbocycles. The molecule has 4 nitrogen and oxygen atoms in total. The molecule has 1 fully saturated rings. The Morgan fingerprint density at radius 1 is 1.24 bits per heavy atom. The van der Waals surface area contributed by atoms with Crippen molar-refractivity contribution in [1.29, 1.82) is 0 Å². The lowest BCUT2D eigenvalue weighted by molar-refractivity contribution is -0.137. The van der Waals surface area contributed by atoms with E-state index in [9.17, 15) is 18.3 Å². The van der Waals surface area contributed by atoms with E-state index in [1.54, 1.807) is 12.3 Å². The molecule has 1 aliphatic rings. The quantitative estimate of drug-likeness (QED) is 0.919. The van der Waals surface area contributed by atoms with Gasteiger partial charge in [0.05, 0.1) is 11.2 Å². The summed E-state index contributed by atoms with van der Waals surface area (Å²) < 4.78 is 40.7. The van der Waals surface area contributed by atoms with Crippen molar-refractivity contribution in [1.82, 2.24) is 14.5 Å². The molecule has 1 aromatic heterocycles. The molecule has 2 heterocycles. The highest BCUT2D eigenvalue weighted by Gasteiger charge is 2.36. The number of imidazole rings is 1. The van der Waals surface area contributed by atoms with Crippen LogP contribution in [0.2, 0.25) is 0 Å². The second kappa shape index (κ2) is 6.80. The third-order valence-electron chi connectivity index (χ3n) is 4.98. The van der Waals surface area contributed by atoms with E-state index >= 15 is 0 Å². The van der Waals surface area contributed by atoms with Crippen molar-refractivity contribution in [3.8, 4) is 0 Å². The van der Waals surface area contributed by atoms with Gasteiger partial charge < -0.3 is 14.6 Å². The fraction of sp³-hybridized carbons (Fsp3) is 0.500. The van der Waals surface area contributed by atoms with E-state index in [0.29, 0.717) is 31.5 Å². The number of hydrogen-bond donors (Lipinski definition) is 1. The van der Waals surface area contributed by atoms with Crippen LogP contribution in [0, 0.1) is 0 Å². The second-order valence-electron chi connectivity index (χ2n) is 6.66. The van der Waals surface area contributed by atoms with Crippen LogP contribution >= 0.6 is 0 Å². The van der Waals surface area contributed by atoms with Crippen LogP contribution in [0.25, 0.3) is 0 Å². The highest BCUT2D eigenvalue weighted by atomic mass is 19.4. The Kier molecular flexibility index (Phi) is 4.88. The lowest BCUT2D eigenvalue weighted by Crippen LogP contribution is -2.43. The number of hydrogen-bond acceptors (Lipinski definition) is 3. The first kappa shape index (κ1) is 17.9. The van der Waals surface area contributed by atoms with Crippen LogP contribution in [0.3, 0.4) is 0 Å². The summed E-state index contributed by atoms with van der Waals surface area (Å²) in [4.78, 5) is 6.51. The van der Waals surface area contributed by atoms with Crippen LogP contribution < -0.4 is 0 Å². The summed E-state index contributed by atoms with van der Waals surface area (Å²) in [5.41, 5.74) is -1.55. The van der Waals surface area contributed by atoms with Gasteiger partial charge in [0.1, 0.15) is 5.82 Å². The molecule has 3 rings (SSSR count). The second-order valence-corrected chi connectivity index (χ2v) is 6.66. The van der Waals surface area contributed by atoms with Gasteiger partial charge in [-0.1, -0.05) is 12.1 Å². The van der Waals surface area contributed by atoms with E-state index in [0.717, 1.165) is 30.9 Å². The van der Waals surface area contributed by atoms with Crippen LogP contribution in [-0.4, -0.2) is 39.2 Å². The van der Waals surface area contributed by atoms with E-state index in [1.807, 2.05) is 17.8 Å². The van der Waals surface area contributed by atoms with Crippen molar-refractivity contribution in [2.45, 2.75) is 31.0 Å². The molecule has 2 aromatic rings. The standard InChI is InChI=1S/C18H22F3N3O/c1-23-12-8-22-16(23)5-9-24-10-6-17(25,7-11-24)14-3-2-4-15(13-14)18(19,20)21/h2-4,8,12-13,25H,5-7,9-11H2,1H3. The Bertz CT molecular complexity index is 718. The van der Waals surface area contributed by atoms with Gasteiger partial charge in [-0.05, 0) is 30.5 Å². The number of likely N-dealkylation sites (tertiary alicyclic amines) is 1. The number of aliphatic hydroxyl groups is 1. The monoisotopic (exact) mass is 353 g/mol. The smallest absolute Gasteiger partial charge is 0.385 e. The van der Waals surface area contributed by atoms with Crippen molar-refractivity contribution in [2.75, 3.05) is 19.6 Å². The lowest BCUT2D eigenvalue weighted by atomic mass is 9.83. The molecule has 1 aliphatic heterocycles. The fourth-order valence-corrected chi connectivity index (χ4v) is 3.32. The van der Waals surface area contributed by atoms with E-state index in [-0.39, 0.29) is 0 Å². The van der Waals surface area contributed by atoms with Gasteiger partial charge in [-0.3, -0.25) is 0 Å². The molecule has 0 saturated carbocycles. The van der Waals surface area contributed by atoms with E-state index in [2.05, 4.69) is 9.88 Å². The van der Waals surface area contributed by atoms with Gasteiger partial charge in [-0.15, -0.1) is 0 Å². The third kappa shape index (κ3) is 4.04. The summed E-state index contributed by atoms with van der Waals surface area (Å²) in [7, 11) is 1.95. The van der Waals surface area contributed by atoms with Crippen LogP contribution in [0.5, 0.6) is 0 Å². The topological polar surface area (TPSA) is 41.3 Å². The highest BCUT2D eigenvalue weighted by Crippen LogP contribution is 2.36. The summed E-state index contributed by atoms with van der Waals surface area (Å²) in [5, 5.41) is 10.8. The molecule has 136 valence electrons. The molecular formula is C18H22F3N3O. The number of rotatable bonds is 4. The molecule has 0 bridgehead atoms. The van der Waals surface area contributed by atoms with Gasteiger partial charge in [0.15, 0.2) is 0 Å². The van der Waals surface area contributed by atoms with Gasteiger partial charge in [0.25, 0.3) is 0 Å².